The van der Waals surface area contributed by atoms with Gasteiger partial charge in [-0.1, -0.05) is 23.7 Å². The van der Waals surface area contributed by atoms with Gasteiger partial charge in [-0.3, -0.25) is 0 Å². The van der Waals surface area contributed by atoms with Gasteiger partial charge in [-0.2, -0.15) is 0 Å². The zero-order chi connectivity index (χ0) is 14.4. The minimum absolute atomic E-state index is 0.400. The number of likely N-dealkylation sites (N-methyl/N-ethyl adjacent to an activating group) is 1. The normalized spacial score (nSPS) is 20.5. The molecule has 2 unspecified atom stereocenters. The summed E-state index contributed by atoms with van der Waals surface area (Å²) in [6, 6.07) is 8.51. The predicted molar refractivity (Wildman–Crippen MR) is 84.2 cm³/mol. The van der Waals surface area contributed by atoms with E-state index in [1.54, 1.807) is 0 Å². The highest BCUT2D eigenvalue weighted by atomic mass is 35.5. The van der Waals surface area contributed by atoms with Gasteiger partial charge < -0.3 is 15.0 Å². The number of halogens is 1. The third-order valence-electron chi connectivity index (χ3n) is 3.85. The van der Waals surface area contributed by atoms with Crippen molar-refractivity contribution in [1.82, 2.24) is 10.2 Å². The molecule has 1 saturated heterocycles. The average molecular weight is 297 g/mol. The molecule has 1 fully saturated rings. The Morgan fingerprint density at radius 2 is 2.15 bits per heavy atom. The van der Waals surface area contributed by atoms with E-state index in [1.165, 1.54) is 18.4 Å². The molecule has 112 valence electrons. The van der Waals surface area contributed by atoms with Crippen molar-refractivity contribution in [2.75, 3.05) is 26.7 Å². The molecule has 4 heteroatoms. The monoisotopic (exact) mass is 296 g/mol. The fourth-order valence-corrected chi connectivity index (χ4v) is 2.72. The highest BCUT2D eigenvalue weighted by Gasteiger charge is 2.21. The first kappa shape index (κ1) is 15.8. The standard InChI is InChI=1S/C16H25ClN2O/c1-13(16-4-3-11-20-16)18-9-10-19(2)12-14-5-7-15(17)8-6-14/h5-8,13,16,18H,3-4,9-12H2,1-2H3. The van der Waals surface area contributed by atoms with Crippen LogP contribution in [0.2, 0.25) is 5.02 Å². The number of ether oxygens (including phenoxy) is 1. The Labute approximate surface area is 127 Å². The zero-order valence-electron chi connectivity index (χ0n) is 12.4. The summed E-state index contributed by atoms with van der Waals surface area (Å²) in [5.41, 5.74) is 1.30. The van der Waals surface area contributed by atoms with Gasteiger partial charge in [0.05, 0.1) is 6.10 Å². The fraction of sp³-hybridized carbons (Fsp3) is 0.625. The molecule has 1 heterocycles. The van der Waals surface area contributed by atoms with E-state index in [0.29, 0.717) is 12.1 Å². The Bertz CT molecular complexity index is 390. The molecule has 1 N–H and O–H groups in total. The highest BCUT2D eigenvalue weighted by molar-refractivity contribution is 6.30. The number of benzene rings is 1. The summed E-state index contributed by atoms with van der Waals surface area (Å²) in [7, 11) is 2.15. The molecule has 1 aliphatic rings. The van der Waals surface area contributed by atoms with Crippen LogP contribution in [0, 0.1) is 0 Å². The third-order valence-corrected chi connectivity index (χ3v) is 4.10. The number of nitrogens with one attached hydrogen (secondary N) is 1. The van der Waals surface area contributed by atoms with Crippen molar-refractivity contribution in [3.05, 3.63) is 34.9 Å². The Hall–Kier alpha value is -0.610. The van der Waals surface area contributed by atoms with Crippen LogP contribution in [0.5, 0.6) is 0 Å². The van der Waals surface area contributed by atoms with Crippen molar-refractivity contribution in [3.8, 4) is 0 Å². The van der Waals surface area contributed by atoms with Crippen molar-refractivity contribution in [3.63, 3.8) is 0 Å². The first-order chi connectivity index (χ1) is 9.65. The molecule has 0 radical (unpaired) electrons. The van der Waals surface area contributed by atoms with Crippen molar-refractivity contribution >= 4 is 11.6 Å². The van der Waals surface area contributed by atoms with Crippen molar-refractivity contribution in [1.29, 1.82) is 0 Å². The maximum absolute atomic E-state index is 5.89. The summed E-state index contributed by atoms with van der Waals surface area (Å²) >= 11 is 5.89. The maximum Gasteiger partial charge on any atom is 0.0726 e. The van der Waals surface area contributed by atoms with Gasteiger partial charge in [-0.15, -0.1) is 0 Å². The molecule has 1 aromatic carbocycles. The first-order valence-electron chi connectivity index (χ1n) is 7.43. The van der Waals surface area contributed by atoms with Gasteiger partial charge in [0.1, 0.15) is 0 Å². The van der Waals surface area contributed by atoms with E-state index in [4.69, 9.17) is 16.3 Å². The van der Waals surface area contributed by atoms with Gasteiger partial charge in [0.2, 0.25) is 0 Å². The van der Waals surface area contributed by atoms with Gasteiger partial charge in [-0.05, 0) is 44.5 Å². The van der Waals surface area contributed by atoms with Crippen LogP contribution in [0.1, 0.15) is 25.3 Å². The van der Waals surface area contributed by atoms with Crippen LogP contribution >= 0.6 is 11.6 Å². The second kappa shape index (κ2) is 7.99. The van der Waals surface area contributed by atoms with E-state index in [-0.39, 0.29) is 0 Å². The zero-order valence-corrected chi connectivity index (χ0v) is 13.2. The van der Waals surface area contributed by atoms with E-state index in [1.807, 2.05) is 12.1 Å². The molecule has 0 saturated carbocycles. The summed E-state index contributed by atoms with van der Waals surface area (Å²) < 4.78 is 5.69. The lowest BCUT2D eigenvalue weighted by Crippen LogP contribution is -2.40. The minimum atomic E-state index is 0.400. The van der Waals surface area contributed by atoms with Crippen LogP contribution in [0.3, 0.4) is 0 Å². The van der Waals surface area contributed by atoms with Gasteiger partial charge in [-0.25, -0.2) is 0 Å². The summed E-state index contributed by atoms with van der Waals surface area (Å²) in [4.78, 5) is 2.32. The van der Waals surface area contributed by atoms with Gasteiger partial charge in [0.15, 0.2) is 0 Å². The van der Waals surface area contributed by atoms with Gasteiger partial charge in [0.25, 0.3) is 0 Å². The smallest absolute Gasteiger partial charge is 0.0726 e. The highest BCUT2D eigenvalue weighted by Crippen LogP contribution is 2.15. The lowest BCUT2D eigenvalue weighted by molar-refractivity contribution is 0.0829. The SMILES string of the molecule is CC(NCCN(C)Cc1ccc(Cl)cc1)C1CCCO1. The number of hydrogen-bond donors (Lipinski definition) is 1. The van der Waals surface area contributed by atoms with E-state index in [2.05, 4.69) is 36.3 Å². The number of rotatable bonds is 7. The maximum atomic E-state index is 5.89. The summed E-state index contributed by atoms with van der Waals surface area (Å²) in [6.07, 6.45) is 2.79. The largest absolute Gasteiger partial charge is 0.377 e. The Balaban J connectivity index is 1.64. The topological polar surface area (TPSA) is 24.5 Å². The first-order valence-corrected chi connectivity index (χ1v) is 7.81. The molecule has 1 aliphatic heterocycles. The molecule has 1 aromatic rings. The van der Waals surface area contributed by atoms with Crippen LogP contribution in [-0.4, -0.2) is 43.8 Å². The molecule has 2 rings (SSSR count). The Morgan fingerprint density at radius 3 is 2.80 bits per heavy atom. The van der Waals surface area contributed by atoms with Crippen LogP contribution in [-0.2, 0) is 11.3 Å². The van der Waals surface area contributed by atoms with Crippen LogP contribution in [0.25, 0.3) is 0 Å². The summed E-state index contributed by atoms with van der Waals surface area (Å²) in [5.74, 6) is 0. The third kappa shape index (κ3) is 5.06. The second-order valence-electron chi connectivity index (χ2n) is 5.66. The second-order valence-corrected chi connectivity index (χ2v) is 6.09. The summed E-state index contributed by atoms with van der Waals surface area (Å²) in [5, 5.41) is 4.36. The molecule has 0 bridgehead atoms. The van der Waals surface area contributed by atoms with E-state index in [9.17, 15) is 0 Å². The Morgan fingerprint density at radius 1 is 1.40 bits per heavy atom. The molecule has 0 aromatic heterocycles. The predicted octanol–water partition coefficient (Wildman–Crippen LogP) is 2.93. The summed E-state index contributed by atoms with van der Waals surface area (Å²) in [6.45, 7) is 6.11. The van der Waals surface area contributed by atoms with Crippen LogP contribution in [0.4, 0.5) is 0 Å². The molecule has 0 spiro atoms. The molecule has 0 aliphatic carbocycles. The fourth-order valence-electron chi connectivity index (χ4n) is 2.59. The molecule has 0 amide bonds. The van der Waals surface area contributed by atoms with Crippen LogP contribution in [0.15, 0.2) is 24.3 Å². The van der Waals surface area contributed by atoms with Crippen molar-refractivity contribution < 1.29 is 4.74 Å². The van der Waals surface area contributed by atoms with Crippen molar-refractivity contribution in [2.24, 2.45) is 0 Å². The lowest BCUT2D eigenvalue weighted by Gasteiger charge is -2.22. The van der Waals surface area contributed by atoms with Crippen molar-refractivity contribution in [2.45, 2.75) is 38.5 Å². The van der Waals surface area contributed by atoms with E-state index >= 15 is 0 Å². The number of hydrogen-bond acceptors (Lipinski definition) is 3. The minimum Gasteiger partial charge on any atom is -0.377 e. The van der Waals surface area contributed by atoms with E-state index < -0.39 is 0 Å². The molecule has 2 atom stereocenters. The lowest BCUT2D eigenvalue weighted by atomic mass is 10.1. The molecule has 3 nitrogen and oxygen atoms in total. The molecular formula is C16H25ClN2O. The van der Waals surface area contributed by atoms with E-state index in [0.717, 1.165) is 31.3 Å². The quantitative estimate of drug-likeness (QED) is 0.837. The Kier molecular flexibility index (Phi) is 6.30. The van der Waals surface area contributed by atoms with Gasteiger partial charge >= 0.3 is 0 Å². The molecular weight excluding hydrogens is 272 g/mol. The number of nitrogens with zero attached hydrogens (tertiary/aromatic N) is 1. The average Bonchev–Trinajstić information content (AvgIpc) is 2.95. The van der Waals surface area contributed by atoms with Crippen LogP contribution < -0.4 is 5.32 Å². The van der Waals surface area contributed by atoms with Gasteiger partial charge in [0, 0.05) is 37.3 Å². The molecule has 20 heavy (non-hydrogen) atoms.